The van der Waals surface area contributed by atoms with E-state index >= 15 is 0 Å². The molecule has 0 saturated heterocycles. The van der Waals surface area contributed by atoms with Crippen LogP contribution < -0.4 is 5.32 Å². The van der Waals surface area contributed by atoms with E-state index in [0.29, 0.717) is 18.4 Å². The first-order valence-corrected chi connectivity index (χ1v) is 15.4. The molecule has 5 heteroatoms. The smallest absolute Gasteiger partial charge is 0.292 e. The third-order valence-corrected chi connectivity index (χ3v) is 8.93. The van der Waals surface area contributed by atoms with Crippen molar-refractivity contribution in [2.45, 2.75) is 130 Å². The first kappa shape index (κ1) is 33.6. The number of unbranched alkanes of at least 4 members (excludes halogenated alkanes) is 1. The average molecular weight is 553 g/mol. The molecule has 1 N–H and O–H groups in total. The second-order valence-electron chi connectivity index (χ2n) is 13.3. The van der Waals surface area contributed by atoms with Gasteiger partial charge in [0, 0.05) is 24.3 Å². The lowest BCUT2D eigenvalue weighted by molar-refractivity contribution is -0.126. The molecule has 1 saturated carbocycles. The standard InChI is InChI=1S/C33H52N2O.C2H4O2/c1-10-13-15-23(11-2)18-29-28(22-30(35(29)9)31(36)34-27-16-14-17-27)24-19-25(32(4,5)6)21-26(20-24)33(7,8)12-3;1-4-2-3/h19-23,27H,10-18H2,1-9H3,(H,34,36);2H,1H3. The monoisotopic (exact) mass is 552 g/mol. The van der Waals surface area contributed by atoms with Crippen LogP contribution in [0.4, 0.5) is 0 Å². The van der Waals surface area contributed by atoms with Crippen LogP contribution in [-0.2, 0) is 33.8 Å². The number of nitrogens with one attached hydrogen (secondary N) is 1. The third-order valence-electron chi connectivity index (χ3n) is 8.93. The maximum absolute atomic E-state index is 13.4. The minimum Gasteiger partial charge on any atom is -0.471 e. The lowest BCUT2D eigenvalue weighted by Gasteiger charge is -2.28. The number of carbonyl (C=O) groups excluding carboxylic acids is 2. The predicted molar refractivity (Wildman–Crippen MR) is 168 cm³/mol. The summed E-state index contributed by atoms with van der Waals surface area (Å²) in [4.78, 5) is 22.3. The van der Waals surface area contributed by atoms with Crippen LogP contribution in [0.15, 0.2) is 24.3 Å². The van der Waals surface area contributed by atoms with Gasteiger partial charge in [0.15, 0.2) is 0 Å². The molecule has 0 aliphatic heterocycles. The number of benzene rings is 1. The number of amides is 1. The van der Waals surface area contributed by atoms with E-state index in [-0.39, 0.29) is 16.7 Å². The second-order valence-corrected chi connectivity index (χ2v) is 13.3. The summed E-state index contributed by atoms with van der Waals surface area (Å²) in [7, 11) is 3.42. The molecule has 1 aromatic carbocycles. The minimum atomic E-state index is 0.0566. The molecule has 1 aliphatic carbocycles. The molecular weight excluding hydrogens is 496 g/mol. The van der Waals surface area contributed by atoms with E-state index in [1.54, 1.807) is 0 Å². The van der Waals surface area contributed by atoms with Crippen LogP contribution >= 0.6 is 0 Å². The van der Waals surface area contributed by atoms with Gasteiger partial charge in [0.25, 0.3) is 12.4 Å². The predicted octanol–water partition coefficient (Wildman–Crippen LogP) is 8.51. The first-order valence-electron chi connectivity index (χ1n) is 15.4. The van der Waals surface area contributed by atoms with Crippen molar-refractivity contribution in [3.8, 4) is 11.1 Å². The highest BCUT2D eigenvalue weighted by molar-refractivity contribution is 5.95. The average Bonchev–Trinajstić information content (AvgIpc) is 3.23. The normalized spacial score (nSPS) is 14.6. The van der Waals surface area contributed by atoms with Crippen molar-refractivity contribution < 1.29 is 14.3 Å². The lowest BCUT2D eigenvalue weighted by atomic mass is 9.76. The molecule has 0 spiro atoms. The van der Waals surface area contributed by atoms with Crippen molar-refractivity contribution in [3.05, 3.63) is 46.8 Å². The Kier molecular flexibility index (Phi) is 12.5. The fraction of sp³-hybridized carbons (Fsp3) is 0.657. The summed E-state index contributed by atoms with van der Waals surface area (Å²) in [6.07, 6.45) is 10.5. The number of methoxy groups -OCH3 is 1. The van der Waals surface area contributed by atoms with Gasteiger partial charge in [-0.05, 0) is 71.6 Å². The molecule has 2 aromatic rings. The number of carbonyl (C=O) groups is 2. The van der Waals surface area contributed by atoms with Crippen LogP contribution in [0.5, 0.6) is 0 Å². The highest BCUT2D eigenvalue weighted by atomic mass is 16.5. The van der Waals surface area contributed by atoms with E-state index in [2.05, 4.69) is 101 Å². The molecular formula is C35H56N2O3. The molecule has 224 valence electrons. The Bertz CT molecular complexity index is 1100. The van der Waals surface area contributed by atoms with Gasteiger partial charge in [-0.1, -0.05) is 99.3 Å². The maximum atomic E-state index is 13.4. The molecule has 40 heavy (non-hydrogen) atoms. The number of hydrogen-bond donors (Lipinski definition) is 1. The fourth-order valence-electron chi connectivity index (χ4n) is 5.20. The summed E-state index contributed by atoms with van der Waals surface area (Å²) in [5.74, 6) is 0.717. The molecule has 1 aromatic heterocycles. The Morgan fingerprint density at radius 3 is 2.17 bits per heavy atom. The molecule has 1 heterocycles. The minimum absolute atomic E-state index is 0.0566. The number of ether oxygens (including phenoxy) is 1. The van der Waals surface area contributed by atoms with Gasteiger partial charge in [0.05, 0.1) is 7.11 Å². The van der Waals surface area contributed by atoms with Crippen LogP contribution in [0.2, 0.25) is 0 Å². The summed E-state index contributed by atoms with van der Waals surface area (Å²) in [6.45, 7) is 18.8. The zero-order chi connectivity index (χ0) is 30.1. The Balaban J connectivity index is 0.00000131. The highest BCUT2D eigenvalue weighted by Gasteiger charge is 2.27. The SMILES string of the molecule is CCCCC(CC)Cc1c(-c2cc(C(C)(C)C)cc(C(C)(C)CC)c2)cc(C(=O)NC2CCC2)n1C.COC=O. The van der Waals surface area contributed by atoms with Gasteiger partial charge in [-0.2, -0.15) is 0 Å². The fourth-order valence-corrected chi connectivity index (χ4v) is 5.20. The van der Waals surface area contributed by atoms with Crippen LogP contribution in [0.1, 0.15) is 134 Å². The molecule has 5 nitrogen and oxygen atoms in total. The van der Waals surface area contributed by atoms with Gasteiger partial charge in [0.1, 0.15) is 5.69 Å². The van der Waals surface area contributed by atoms with Gasteiger partial charge in [-0.25, -0.2) is 0 Å². The Morgan fingerprint density at radius 1 is 1.07 bits per heavy atom. The molecule has 0 bridgehead atoms. The quantitative estimate of drug-likeness (QED) is 0.269. The molecule has 1 amide bonds. The zero-order valence-electron chi connectivity index (χ0n) is 27.1. The number of aromatic nitrogens is 1. The van der Waals surface area contributed by atoms with Crippen LogP contribution in [0.25, 0.3) is 11.1 Å². The number of hydrogen-bond acceptors (Lipinski definition) is 3. The summed E-state index contributed by atoms with van der Waals surface area (Å²) < 4.78 is 6.06. The first-order chi connectivity index (χ1) is 18.8. The van der Waals surface area contributed by atoms with Crippen molar-refractivity contribution >= 4 is 12.4 Å². The Labute approximate surface area is 244 Å². The summed E-state index contributed by atoms with van der Waals surface area (Å²) in [6, 6.07) is 9.72. The number of rotatable bonds is 12. The van der Waals surface area contributed by atoms with Gasteiger partial charge in [-0.15, -0.1) is 0 Å². The van der Waals surface area contributed by atoms with Crippen molar-refractivity contribution in [1.29, 1.82) is 0 Å². The summed E-state index contributed by atoms with van der Waals surface area (Å²) in [5, 5.41) is 3.29. The van der Waals surface area contributed by atoms with Crippen molar-refractivity contribution in [2.75, 3.05) is 7.11 Å². The number of nitrogens with zero attached hydrogens (tertiary/aromatic N) is 1. The van der Waals surface area contributed by atoms with Gasteiger partial charge in [0.2, 0.25) is 0 Å². The topological polar surface area (TPSA) is 60.3 Å². The molecule has 1 aliphatic rings. The Hall–Kier alpha value is -2.56. The van der Waals surface area contributed by atoms with Crippen LogP contribution in [-0.4, -0.2) is 30.1 Å². The zero-order valence-corrected chi connectivity index (χ0v) is 27.1. The van der Waals surface area contributed by atoms with E-state index in [1.165, 1.54) is 67.2 Å². The van der Waals surface area contributed by atoms with E-state index in [9.17, 15) is 4.79 Å². The highest BCUT2D eigenvalue weighted by Crippen LogP contribution is 2.38. The van der Waals surface area contributed by atoms with E-state index in [4.69, 9.17) is 4.79 Å². The van der Waals surface area contributed by atoms with Crippen molar-refractivity contribution in [2.24, 2.45) is 13.0 Å². The van der Waals surface area contributed by atoms with E-state index in [0.717, 1.165) is 31.4 Å². The van der Waals surface area contributed by atoms with Crippen molar-refractivity contribution in [1.82, 2.24) is 9.88 Å². The summed E-state index contributed by atoms with van der Waals surface area (Å²) in [5.41, 5.74) is 7.52. The second kappa shape index (κ2) is 14.9. The molecule has 3 rings (SSSR count). The van der Waals surface area contributed by atoms with Crippen LogP contribution in [0.3, 0.4) is 0 Å². The van der Waals surface area contributed by atoms with Crippen molar-refractivity contribution in [3.63, 3.8) is 0 Å². The largest absolute Gasteiger partial charge is 0.471 e. The molecule has 1 atom stereocenters. The van der Waals surface area contributed by atoms with E-state index in [1.807, 2.05) is 0 Å². The molecule has 0 radical (unpaired) electrons. The van der Waals surface area contributed by atoms with E-state index < -0.39 is 0 Å². The molecule has 1 fully saturated rings. The van der Waals surface area contributed by atoms with Gasteiger partial charge in [-0.3, -0.25) is 9.59 Å². The lowest BCUT2D eigenvalue weighted by Crippen LogP contribution is -2.40. The van der Waals surface area contributed by atoms with Crippen LogP contribution in [0, 0.1) is 5.92 Å². The Morgan fingerprint density at radius 2 is 1.70 bits per heavy atom. The summed E-state index contributed by atoms with van der Waals surface area (Å²) >= 11 is 0. The van der Waals surface area contributed by atoms with Gasteiger partial charge >= 0.3 is 0 Å². The van der Waals surface area contributed by atoms with Gasteiger partial charge < -0.3 is 14.6 Å². The third kappa shape index (κ3) is 8.72. The maximum Gasteiger partial charge on any atom is 0.292 e. The molecule has 1 unspecified atom stereocenters.